The van der Waals surface area contributed by atoms with E-state index in [-0.39, 0.29) is 11.5 Å². The molecule has 0 bridgehead atoms. The molecule has 20 heavy (non-hydrogen) atoms. The van der Waals surface area contributed by atoms with Crippen molar-refractivity contribution in [1.82, 2.24) is 10.6 Å². The molecule has 0 aliphatic carbocycles. The monoisotopic (exact) mass is 290 g/mol. The van der Waals surface area contributed by atoms with Crippen molar-refractivity contribution < 1.29 is 24.9 Å². The van der Waals surface area contributed by atoms with Crippen LogP contribution in [0.25, 0.3) is 0 Å². The fourth-order valence-corrected chi connectivity index (χ4v) is 1.78. The van der Waals surface area contributed by atoms with Gasteiger partial charge < -0.3 is 42.2 Å². The van der Waals surface area contributed by atoms with Gasteiger partial charge in [0.15, 0.2) is 6.23 Å². The summed E-state index contributed by atoms with van der Waals surface area (Å²) >= 11 is 0. The van der Waals surface area contributed by atoms with Crippen molar-refractivity contribution in [2.45, 2.75) is 37.9 Å². The fourth-order valence-electron chi connectivity index (χ4n) is 1.78. The molecule has 0 aromatic rings. The van der Waals surface area contributed by atoms with Crippen LogP contribution in [0.2, 0.25) is 0 Å². The standard InChI is InChI=1S/C11H22N4O5/c1-2-3-14-6(9(12)13)10(19)15-11-8(18)7(17)5(4-16)20-11/h5,7-8,11,14,16-18H,2-4,12-13H2,1H3,(H,15,19). The molecule has 1 saturated heterocycles. The third-order valence-electron chi connectivity index (χ3n) is 2.88. The van der Waals surface area contributed by atoms with Crippen LogP contribution >= 0.6 is 0 Å². The van der Waals surface area contributed by atoms with Gasteiger partial charge in [0, 0.05) is 6.54 Å². The second kappa shape index (κ2) is 7.29. The van der Waals surface area contributed by atoms with Crippen LogP contribution in [0, 0.1) is 0 Å². The molecular weight excluding hydrogens is 268 g/mol. The van der Waals surface area contributed by atoms with Crippen LogP contribution in [0.15, 0.2) is 11.5 Å². The summed E-state index contributed by atoms with van der Waals surface area (Å²) < 4.78 is 5.13. The van der Waals surface area contributed by atoms with Crippen molar-refractivity contribution >= 4 is 5.91 Å². The van der Waals surface area contributed by atoms with E-state index in [2.05, 4.69) is 10.6 Å². The highest BCUT2D eigenvalue weighted by molar-refractivity contribution is 5.93. The molecule has 1 rings (SSSR count). The third-order valence-corrected chi connectivity index (χ3v) is 2.88. The number of hydrogen-bond acceptors (Lipinski definition) is 8. The maximum atomic E-state index is 12.0. The van der Waals surface area contributed by atoms with Gasteiger partial charge in [-0.15, -0.1) is 0 Å². The largest absolute Gasteiger partial charge is 0.394 e. The number of nitrogens with one attached hydrogen (secondary N) is 2. The van der Waals surface area contributed by atoms with Gasteiger partial charge in [0.25, 0.3) is 5.91 Å². The normalized spacial score (nSPS) is 29.0. The molecule has 1 aliphatic heterocycles. The van der Waals surface area contributed by atoms with E-state index in [9.17, 15) is 15.0 Å². The zero-order valence-electron chi connectivity index (χ0n) is 11.2. The van der Waals surface area contributed by atoms with Gasteiger partial charge >= 0.3 is 0 Å². The number of hydrogen-bond donors (Lipinski definition) is 7. The molecular formula is C11H22N4O5. The average Bonchev–Trinajstić information content (AvgIpc) is 2.66. The summed E-state index contributed by atoms with van der Waals surface area (Å²) in [6, 6.07) is 0. The molecule has 1 amide bonds. The molecule has 9 heteroatoms. The summed E-state index contributed by atoms with van der Waals surface area (Å²) in [5, 5.41) is 33.3. The summed E-state index contributed by atoms with van der Waals surface area (Å²) in [7, 11) is 0. The van der Waals surface area contributed by atoms with Gasteiger partial charge in [0.2, 0.25) is 0 Å². The summed E-state index contributed by atoms with van der Waals surface area (Å²) in [6.07, 6.45) is -3.97. The first-order valence-corrected chi connectivity index (χ1v) is 6.34. The van der Waals surface area contributed by atoms with E-state index in [0.29, 0.717) is 6.54 Å². The minimum atomic E-state index is -1.34. The number of carbonyl (C=O) groups excluding carboxylic acids is 1. The van der Waals surface area contributed by atoms with Gasteiger partial charge in [-0.05, 0) is 6.42 Å². The smallest absolute Gasteiger partial charge is 0.273 e. The molecule has 0 aromatic carbocycles. The van der Waals surface area contributed by atoms with Crippen LogP contribution in [0.4, 0.5) is 0 Å². The van der Waals surface area contributed by atoms with Gasteiger partial charge in [-0.1, -0.05) is 6.92 Å². The predicted molar refractivity (Wildman–Crippen MR) is 69.6 cm³/mol. The highest BCUT2D eigenvalue weighted by Crippen LogP contribution is 2.19. The molecule has 0 aromatic heterocycles. The topological polar surface area (TPSA) is 163 Å². The molecule has 9 N–H and O–H groups in total. The lowest BCUT2D eigenvalue weighted by Gasteiger charge is -2.18. The lowest BCUT2D eigenvalue weighted by atomic mass is 10.1. The van der Waals surface area contributed by atoms with E-state index in [0.717, 1.165) is 6.42 Å². The molecule has 0 radical (unpaired) electrons. The van der Waals surface area contributed by atoms with Crippen LogP contribution < -0.4 is 22.1 Å². The number of nitrogens with two attached hydrogens (primary N) is 2. The Morgan fingerprint density at radius 1 is 1.30 bits per heavy atom. The van der Waals surface area contributed by atoms with E-state index < -0.39 is 37.1 Å². The zero-order valence-corrected chi connectivity index (χ0v) is 11.2. The SMILES string of the molecule is CCCNC(C(=O)NC1OC(CO)C(O)C1O)=C(N)N. The van der Waals surface area contributed by atoms with Crippen molar-refractivity contribution in [3.63, 3.8) is 0 Å². The highest BCUT2D eigenvalue weighted by Gasteiger charge is 2.43. The van der Waals surface area contributed by atoms with Gasteiger partial charge in [0.05, 0.1) is 6.61 Å². The van der Waals surface area contributed by atoms with Gasteiger partial charge in [-0.3, -0.25) is 4.79 Å². The fraction of sp³-hybridized carbons (Fsp3) is 0.727. The molecule has 0 spiro atoms. The molecule has 0 saturated carbocycles. The maximum Gasteiger partial charge on any atom is 0.273 e. The van der Waals surface area contributed by atoms with Gasteiger partial charge in [0.1, 0.15) is 29.8 Å². The number of ether oxygens (including phenoxy) is 1. The molecule has 9 nitrogen and oxygen atoms in total. The Morgan fingerprint density at radius 2 is 1.95 bits per heavy atom. The van der Waals surface area contributed by atoms with Crippen molar-refractivity contribution in [2.24, 2.45) is 11.5 Å². The van der Waals surface area contributed by atoms with Crippen molar-refractivity contribution in [3.05, 3.63) is 11.5 Å². The summed E-state index contributed by atoms with van der Waals surface area (Å²) in [6.45, 7) is 1.93. The highest BCUT2D eigenvalue weighted by atomic mass is 16.6. The first-order valence-electron chi connectivity index (χ1n) is 6.34. The molecule has 1 heterocycles. The number of aliphatic hydroxyl groups excluding tert-OH is 3. The molecule has 4 atom stereocenters. The molecule has 1 fully saturated rings. The minimum absolute atomic E-state index is 0.0235. The van der Waals surface area contributed by atoms with E-state index in [1.165, 1.54) is 0 Å². The number of aliphatic hydroxyl groups is 3. The van der Waals surface area contributed by atoms with Crippen LogP contribution in [0.1, 0.15) is 13.3 Å². The van der Waals surface area contributed by atoms with E-state index in [1.807, 2.05) is 6.92 Å². The molecule has 116 valence electrons. The first-order chi connectivity index (χ1) is 9.42. The van der Waals surface area contributed by atoms with Crippen molar-refractivity contribution in [1.29, 1.82) is 0 Å². The van der Waals surface area contributed by atoms with Gasteiger partial charge in [-0.25, -0.2) is 0 Å². The summed E-state index contributed by atoms with van der Waals surface area (Å²) in [5.41, 5.74) is 10.8. The van der Waals surface area contributed by atoms with Crippen LogP contribution in [0.3, 0.4) is 0 Å². The Hall–Kier alpha value is -1.55. The van der Waals surface area contributed by atoms with Gasteiger partial charge in [-0.2, -0.15) is 0 Å². The van der Waals surface area contributed by atoms with E-state index in [1.54, 1.807) is 0 Å². The predicted octanol–water partition coefficient (Wildman–Crippen LogP) is -3.37. The van der Waals surface area contributed by atoms with Crippen LogP contribution in [-0.2, 0) is 9.53 Å². The quantitative estimate of drug-likeness (QED) is 0.249. The Morgan fingerprint density at radius 3 is 2.40 bits per heavy atom. The van der Waals surface area contributed by atoms with E-state index >= 15 is 0 Å². The average molecular weight is 290 g/mol. The Kier molecular flexibility index (Phi) is 6.02. The summed E-state index contributed by atoms with van der Waals surface area (Å²) in [4.78, 5) is 12.0. The second-order valence-corrected chi connectivity index (χ2v) is 4.49. The van der Waals surface area contributed by atoms with Crippen LogP contribution in [0.5, 0.6) is 0 Å². The number of rotatable bonds is 6. The number of carbonyl (C=O) groups is 1. The van der Waals surface area contributed by atoms with Crippen LogP contribution in [-0.4, -0.2) is 58.9 Å². The third kappa shape index (κ3) is 3.73. The Bertz CT molecular complexity index is 372. The lowest BCUT2D eigenvalue weighted by molar-refractivity contribution is -0.124. The molecule has 4 unspecified atom stereocenters. The van der Waals surface area contributed by atoms with Crippen molar-refractivity contribution in [2.75, 3.05) is 13.2 Å². The maximum absolute atomic E-state index is 12.0. The Balaban J connectivity index is 2.68. The van der Waals surface area contributed by atoms with E-state index in [4.69, 9.17) is 21.3 Å². The number of amides is 1. The lowest BCUT2D eigenvalue weighted by Crippen LogP contribution is -2.47. The minimum Gasteiger partial charge on any atom is -0.394 e. The second-order valence-electron chi connectivity index (χ2n) is 4.49. The molecule has 1 aliphatic rings. The zero-order chi connectivity index (χ0) is 15.3. The Labute approximate surface area is 116 Å². The first kappa shape index (κ1) is 16.5. The summed E-state index contributed by atoms with van der Waals surface area (Å²) in [5.74, 6) is -0.851. The van der Waals surface area contributed by atoms with Crippen molar-refractivity contribution in [3.8, 4) is 0 Å².